The molecule has 1 aromatic carbocycles. The van der Waals surface area contributed by atoms with Gasteiger partial charge in [0.2, 0.25) is 0 Å². The molecule has 2 aromatic heterocycles. The average molecular weight is 531 g/mol. The molecule has 39 heavy (non-hydrogen) atoms. The van der Waals surface area contributed by atoms with E-state index >= 15 is 0 Å². The molecule has 210 valence electrons. The van der Waals surface area contributed by atoms with Crippen molar-refractivity contribution in [1.29, 1.82) is 0 Å². The summed E-state index contributed by atoms with van der Waals surface area (Å²) in [5.41, 5.74) is 5.84. The Balaban J connectivity index is 0.00000134. The number of rotatable bonds is 6. The maximum atomic E-state index is 12.1. The Morgan fingerprint density at radius 2 is 1.62 bits per heavy atom. The minimum atomic E-state index is -0.0913. The van der Waals surface area contributed by atoms with Crippen LogP contribution in [0.25, 0.3) is 22.3 Å². The molecule has 0 unspecified atom stereocenters. The summed E-state index contributed by atoms with van der Waals surface area (Å²) in [5.74, 6) is 0.639. The minimum Gasteiger partial charge on any atom is -0.507 e. The molecule has 0 amide bonds. The van der Waals surface area contributed by atoms with Gasteiger partial charge < -0.3 is 15.0 Å². The highest BCUT2D eigenvalue weighted by atomic mass is 16.3. The maximum Gasteiger partial charge on any atom is 0.250 e. The van der Waals surface area contributed by atoms with Crippen LogP contribution in [0.2, 0.25) is 0 Å². The summed E-state index contributed by atoms with van der Waals surface area (Å²) >= 11 is 0. The fourth-order valence-electron chi connectivity index (χ4n) is 5.99. The number of aromatic nitrogens is 2. The molecule has 1 aliphatic rings. The third kappa shape index (κ3) is 7.45. The lowest BCUT2D eigenvalue weighted by atomic mass is 9.74. The highest BCUT2D eigenvalue weighted by molar-refractivity contribution is 5.79. The first-order valence-electron chi connectivity index (χ1n) is 14.1. The molecule has 0 bridgehead atoms. The van der Waals surface area contributed by atoms with Gasteiger partial charge in [-0.1, -0.05) is 33.3 Å². The van der Waals surface area contributed by atoms with Crippen molar-refractivity contribution in [3.8, 4) is 28.0 Å². The van der Waals surface area contributed by atoms with E-state index in [-0.39, 0.29) is 22.4 Å². The second-order valence-electron chi connectivity index (χ2n) is 12.1. The van der Waals surface area contributed by atoms with E-state index in [0.717, 1.165) is 59.4 Å². The quantitative estimate of drug-likeness (QED) is 0.330. The molecule has 6 heteroatoms. The Labute approximate surface area is 234 Å². The van der Waals surface area contributed by atoms with Gasteiger partial charge in [0, 0.05) is 47.2 Å². The van der Waals surface area contributed by atoms with Gasteiger partial charge >= 0.3 is 0 Å². The molecule has 0 saturated carbocycles. The van der Waals surface area contributed by atoms with Gasteiger partial charge in [-0.15, -0.1) is 0 Å². The van der Waals surface area contributed by atoms with E-state index < -0.39 is 0 Å². The van der Waals surface area contributed by atoms with E-state index in [1.54, 1.807) is 25.4 Å². The molecule has 6 nitrogen and oxygen atoms in total. The average Bonchev–Trinajstić information content (AvgIpc) is 2.84. The zero-order chi connectivity index (χ0) is 29.0. The molecule has 2 N–H and O–H groups in total. The second-order valence-corrected chi connectivity index (χ2v) is 12.1. The van der Waals surface area contributed by atoms with Gasteiger partial charge in [0.1, 0.15) is 5.75 Å². The Hall–Kier alpha value is -3.25. The number of hydrogen-bond acceptors (Lipinski definition) is 5. The van der Waals surface area contributed by atoms with Crippen LogP contribution >= 0.6 is 0 Å². The SMILES string of the molecule is C=Nc1cc(-c2ccc(-c3ccn(C)c(=O)c3)cc2O)c(CC)nc1CC1CC(C)(C)NC(C)(C)C1.CCC. The fourth-order valence-corrected chi connectivity index (χ4v) is 5.99. The van der Waals surface area contributed by atoms with Crippen LogP contribution in [0.3, 0.4) is 0 Å². The fraction of sp³-hybridized carbons (Fsp3) is 0.485. The number of hydrogen-bond donors (Lipinski definition) is 2. The molecule has 1 fully saturated rings. The van der Waals surface area contributed by atoms with Crippen molar-refractivity contribution in [1.82, 2.24) is 14.9 Å². The summed E-state index contributed by atoms with van der Waals surface area (Å²) in [6, 6.07) is 11.0. The number of piperidine rings is 1. The van der Waals surface area contributed by atoms with Gasteiger partial charge in [-0.3, -0.25) is 14.8 Å². The number of aromatic hydroxyl groups is 1. The van der Waals surface area contributed by atoms with E-state index in [4.69, 9.17) is 4.98 Å². The molecule has 3 aromatic rings. The predicted octanol–water partition coefficient (Wildman–Crippen LogP) is 7.23. The van der Waals surface area contributed by atoms with Crippen LogP contribution in [0.1, 0.15) is 79.1 Å². The summed E-state index contributed by atoms with van der Waals surface area (Å²) in [6.07, 6.45) is 6.71. The summed E-state index contributed by atoms with van der Waals surface area (Å²) in [7, 11) is 1.72. The van der Waals surface area contributed by atoms with Gasteiger partial charge in [-0.2, -0.15) is 0 Å². The van der Waals surface area contributed by atoms with Crippen LogP contribution in [0.15, 0.2) is 52.4 Å². The highest BCUT2D eigenvalue weighted by Crippen LogP contribution is 2.40. The molecular formula is C33H46N4O2. The molecule has 1 saturated heterocycles. The van der Waals surface area contributed by atoms with Gasteiger partial charge in [0.15, 0.2) is 0 Å². The van der Waals surface area contributed by atoms with Gasteiger partial charge in [-0.05, 0) is 101 Å². The molecular weight excluding hydrogens is 484 g/mol. The number of phenolic OH excluding ortho intramolecular Hbond substituents is 1. The Kier molecular flexibility index (Phi) is 9.55. The van der Waals surface area contributed by atoms with E-state index in [0.29, 0.717) is 11.5 Å². The van der Waals surface area contributed by atoms with Gasteiger partial charge in [0.05, 0.1) is 11.4 Å². The summed E-state index contributed by atoms with van der Waals surface area (Å²) < 4.78 is 1.52. The molecule has 0 radical (unpaired) electrons. The first-order valence-corrected chi connectivity index (χ1v) is 14.1. The molecule has 0 atom stereocenters. The van der Waals surface area contributed by atoms with Crippen molar-refractivity contribution in [2.24, 2.45) is 18.0 Å². The van der Waals surface area contributed by atoms with Crippen molar-refractivity contribution in [2.45, 2.75) is 91.6 Å². The summed E-state index contributed by atoms with van der Waals surface area (Å²) in [5, 5.41) is 14.8. The van der Waals surface area contributed by atoms with Crippen molar-refractivity contribution >= 4 is 12.4 Å². The van der Waals surface area contributed by atoms with Crippen molar-refractivity contribution in [3.63, 3.8) is 0 Å². The van der Waals surface area contributed by atoms with Gasteiger partial charge in [-0.25, -0.2) is 0 Å². The molecule has 4 rings (SSSR count). The third-order valence-corrected chi connectivity index (χ3v) is 7.15. The van der Waals surface area contributed by atoms with E-state index in [2.05, 4.69) is 65.5 Å². The number of aryl methyl sites for hydroxylation is 2. The zero-order valence-electron chi connectivity index (χ0n) is 25.1. The number of benzene rings is 1. The van der Waals surface area contributed by atoms with Crippen LogP contribution in [-0.2, 0) is 19.9 Å². The Morgan fingerprint density at radius 1 is 1.00 bits per heavy atom. The number of aliphatic imine (C=N–C) groups is 1. The van der Waals surface area contributed by atoms with E-state index in [1.807, 2.05) is 24.3 Å². The normalized spacial score (nSPS) is 16.3. The summed E-state index contributed by atoms with van der Waals surface area (Å²) in [6.45, 7) is 19.2. The van der Waals surface area contributed by atoms with Crippen LogP contribution < -0.4 is 10.9 Å². The molecule has 0 spiro atoms. The van der Waals surface area contributed by atoms with Gasteiger partial charge in [0.25, 0.3) is 5.56 Å². The lowest BCUT2D eigenvalue weighted by molar-refractivity contribution is 0.128. The zero-order valence-corrected chi connectivity index (χ0v) is 25.1. The van der Waals surface area contributed by atoms with Crippen LogP contribution in [0.5, 0.6) is 5.75 Å². The van der Waals surface area contributed by atoms with Crippen LogP contribution in [0, 0.1) is 5.92 Å². The lowest BCUT2D eigenvalue weighted by Crippen LogP contribution is -2.58. The number of nitrogens with one attached hydrogen (secondary N) is 1. The highest BCUT2D eigenvalue weighted by Gasteiger charge is 2.38. The minimum absolute atomic E-state index is 0.0677. The second kappa shape index (κ2) is 12.3. The smallest absolute Gasteiger partial charge is 0.250 e. The number of pyridine rings is 2. The predicted molar refractivity (Wildman–Crippen MR) is 164 cm³/mol. The molecule has 3 heterocycles. The number of phenols is 1. The molecule has 0 aliphatic carbocycles. The van der Waals surface area contributed by atoms with Crippen molar-refractivity contribution < 1.29 is 5.11 Å². The Morgan fingerprint density at radius 3 is 2.15 bits per heavy atom. The standard InChI is InChI=1S/C30H38N4O2.C3H8/c1-8-24-23(22-10-9-20(14-27(22)35)21-11-12-34(7)28(36)15-21)16-25(31-6)26(32-24)13-19-17-29(2,3)33-30(4,5)18-19;1-3-2/h9-12,14-16,19,33,35H,6,8,13,17-18H2,1-5,7H3;3H2,1-2H3. The molecule has 1 aliphatic heterocycles. The third-order valence-electron chi connectivity index (χ3n) is 7.15. The topological polar surface area (TPSA) is 79.5 Å². The van der Waals surface area contributed by atoms with E-state index in [9.17, 15) is 9.90 Å². The van der Waals surface area contributed by atoms with E-state index in [1.165, 1.54) is 11.0 Å². The van der Waals surface area contributed by atoms with Crippen LogP contribution in [-0.4, -0.2) is 32.5 Å². The first-order chi connectivity index (χ1) is 18.3. The van der Waals surface area contributed by atoms with Crippen LogP contribution in [0.4, 0.5) is 5.69 Å². The van der Waals surface area contributed by atoms with Crippen molar-refractivity contribution in [3.05, 3.63) is 64.3 Å². The van der Waals surface area contributed by atoms with Crippen molar-refractivity contribution in [2.75, 3.05) is 0 Å². The first kappa shape index (κ1) is 30.3. The monoisotopic (exact) mass is 530 g/mol. The maximum absolute atomic E-state index is 12.1. The number of nitrogens with zero attached hydrogens (tertiary/aromatic N) is 3. The Bertz CT molecular complexity index is 1350. The lowest BCUT2D eigenvalue weighted by Gasteiger charge is -2.46. The largest absolute Gasteiger partial charge is 0.507 e. The summed E-state index contributed by atoms with van der Waals surface area (Å²) in [4.78, 5) is 21.5.